The van der Waals surface area contributed by atoms with Gasteiger partial charge in [0.2, 0.25) is 5.91 Å². The molecule has 7 heteroatoms. The number of hydrogen-bond acceptors (Lipinski definition) is 5. The van der Waals surface area contributed by atoms with Crippen molar-refractivity contribution in [3.8, 4) is 0 Å². The summed E-state index contributed by atoms with van der Waals surface area (Å²) in [5.74, 6) is 0.633. The summed E-state index contributed by atoms with van der Waals surface area (Å²) in [6.07, 6.45) is 0.753. The Hall–Kier alpha value is -3.16. The number of para-hydroxylation sites is 2. The fourth-order valence-electron chi connectivity index (χ4n) is 3.25. The van der Waals surface area contributed by atoms with E-state index in [9.17, 15) is 9.59 Å². The maximum atomic E-state index is 12.6. The van der Waals surface area contributed by atoms with E-state index in [4.69, 9.17) is 0 Å². The van der Waals surface area contributed by atoms with Crippen molar-refractivity contribution in [1.29, 1.82) is 0 Å². The van der Waals surface area contributed by atoms with E-state index in [0.29, 0.717) is 29.3 Å². The van der Waals surface area contributed by atoms with Gasteiger partial charge < -0.3 is 10.6 Å². The van der Waals surface area contributed by atoms with Gasteiger partial charge in [0.15, 0.2) is 0 Å². The molecule has 0 saturated carbocycles. The van der Waals surface area contributed by atoms with E-state index >= 15 is 0 Å². The highest BCUT2D eigenvalue weighted by Gasteiger charge is 2.13. The third kappa shape index (κ3) is 5.96. The molecule has 0 aliphatic heterocycles. The minimum Gasteiger partial charge on any atom is -0.352 e. The monoisotopic (exact) mass is 461 g/mol. The Morgan fingerprint density at radius 2 is 1.66 bits per heavy atom. The van der Waals surface area contributed by atoms with Crippen molar-refractivity contribution in [2.75, 3.05) is 17.6 Å². The van der Waals surface area contributed by atoms with E-state index in [1.165, 1.54) is 17.3 Å². The molecular formula is C25H23N3O2S2. The quantitative estimate of drug-likeness (QED) is 0.362. The summed E-state index contributed by atoms with van der Waals surface area (Å²) in [4.78, 5) is 29.7. The number of aromatic nitrogens is 1. The van der Waals surface area contributed by atoms with Crippen LogP contribution in [-0.2, 0) is 17.0 Å². The third-order valence-corrected chi connectivity index (χ3v) is 6.95. The lowest BCUT2D eigenvalue weighted by molar-refractivity contribution is -0.113. The van der Waals surface area contributed by atoms with Gasteiger partial charge in [-0.15, -0.1) is 23.1 Å². The molecule has 0 atom stereocenters. The molecule has 0 unspecified atom stereocenters. The molecule has 0 bridgehead atoms. The highest BCUT2D eigenvalue weighted by Crippen LogP contribution is 2.25. The van der Waals surface area contributed by atoms with E-state index in [2.05, 4.69) is 21.7 Å². The lowest BCUT2D eigenvalue weighted by Gasteiger charge is -2.11. The number of nitrogens with zero attached hydrogens (tertiary/aromatic N) is 1. The van der Waals surface area contributed by atoms with E-state index < -0.39 is 0 Å². The molecule has 3 aromatic carbocycles. The van der Waals surface area contributed by atoms with Crippen LogP contribution >= 0.6 is 23.1 Å². The molecular weight excluding hydrogens is 438 g/mol. The van der Waals surface area contributed by atoms with E-state index in [0.717, 1.165) is 21.6 Å². The van der Waals surface area contributed by atoms with Gasteiger partial charge in [-0.1, -0.05) is 54.6 Å². The van der Waals surface area contributed by atoms with Gasteiger partial charge in [0.25, 0.3) is 5.91 Å². The molecule has 0 aliphatic carbocycles. The van der Waals surface area contributed by atoms with Crippen LogP contribution in [0.25, 0.3) is 10.2 Å². The van der Waals surface area contributed by atoms with Crippen molar-refractivity contribution in [1.82, 2.24) is 10.3 Å². The number of benzene rings is 3. The number of carbonyl (C=O) groups excluding carboxylic acids is 2. The Balaban J connectivity index is 1.27. The molecule has 4 rings (SSSR count). The van der Waals surface area contributed by atoms with Crippen LogP contribution in [-0.4, -0.2) is 29.1 Å². The Kier molecular flexibility index (Phi) is 7.53. The molecule has 0 spiro atoms. The van der Waals surface area contributed by atoms with Gasteiger partial charge in [-0.25, -0.2) is 4.98 Å². The third-order valence-electron chi connectivity index (χ3n) is 4.78. The fourth-order valence-corrected chi connectivity index (χ4v) is 5.10. The molecule has 0 aliphatic rings. The number of rotatable bonds is 9. The smallest absolute Gasteiger partial charge is 0.253 e. The predicted molar refractivity (Wildman–Crippen MR) is 133 cm³/mol. The van der Waals surface area contributed by atoms with Gasteiger partial charge >= 0.3 is 0 Å². The van der Waals surface area contributed by atoms with Crippen LogP contribution in [0.5, 0.6) is 0 Å². The van der Waals surface area contributed by atoms with Crippen molar-refractivity contribution < 1.29 is 9.59 Å². The number of nitrogens with one attached hydrogen (secondary N) is 2. The molecule has 1 heterocycles. The Morgan fingerprint density at radius 3 is 2.50 bits per heavy atom. The number of anilines is 1. The summed E-state index contributed by atoms with van der Waals surface area (Å²) >= 11 is 3.16. The minimum absolute atomic E-state index is 0.138. The Bertz CT molecular complexity index is 1180. The first kappa shape index (κ1) is 22.0. The molecule has 0 radical (unpaired) electrons. The summed E-state index contributed by atoms with van der Waals surface area (Å²) < 4.78 is 1.15. The first-order valence-corrected chi connectivity index (χ1v) is 12.3. The minimum atomic E-state index is -0.195. The molecule has 0 fully saturated rings. The highest BCUT2D eigenvalue weighted by atomic mass is 32.2. The summed E-state index contributed by atoms with van der Waals surface area (Å²) in [5.41, 5.74) is 3.14. The lowest BCUT2D eigenvalue weighted by Crippen LogP contribution is -2.27. The summed E-state index contributed by atoms with van der Waals surface area (Å²) in [7, 11) is 0. The van der Waals surface area contributed by atoms with Crippen molar-refractivity contribution in [3.05, 3.63) is 95.0 Å². The van der Waals surface area contributed by atoms with Gasteiger partial charge in [-0.3, -0.25) is 9.59 Å². The summed E-state index contributed by atoms with van der Waals surface area (Å²) in [6.45, 7) is 0.531. The number of thioether (sulfide) groups is 1. The number of hydrogen-bond donors (Lipinski definition) is 2. The van der Waals surface area contributed by atoms with Crippen molar-refractivity contribution in [3.63, 3.8) is 0 Å². The average Bonchev–Trinajstić information content (AvgIpc) is 3.23. The van der Waals surface area contributed by atoms with Gasteiger partial charge in [0, 0.05) is 12.3 Å². The first-order valence-electron chi connectivity index (χ1n) is 10.3. The zero-order chi connectivity index (χ0) is 22.2. The standard InChI is InChI=1S/C25H23N3O2S2/c29-23(16-31-17-24-28-21-12-6-7-13-22(21)32-24)27-20-11-5-4-10-19(20)25(30)26-15-14-18-8-2-1-3-9-18/h1-13H,14-17H2,(H,26,30)(H,27,29). The molecule has 2 N–H and O–H groups in total. The molecule has 5 nitrogen and oxygen atoms in total. The van der Waals surface area contributed by atoms with Gasteiger partial charge in [0.05, 0.1) is 27.2 Å². The highest BCUT2D eigenvalue weighted by molar-refractivity contribution is 7.99. The number of carbonyl (C=O) groups is 2. The summed E-state index contributed by atoms with van der Waals surface area (Å²) in [5, 5.41) is 6.81. The Morgan fingerprint density at radius 1 is 0.906 bits per heavy atom. The van der Waals surface area contributed by atoms with Crippen LogP contribution in [0, 0.1) is 0 Å². The first-order chi connectivity index (χ1) is 15.7. The van der Waals surface area contributed by atoms with Gasteiger partial charge in [0.1, 0.15) is 5.01 Å². The van der Waals surface area contributed by atoms with Crippen LogP contribution < -0.4 is 10.6 Å². The van der Waals surface area contributed by atoms with Crippen molar-refractivity contribution >= 4 is 50.8 Å². The Labute approximate surface area is 195 Å². The fraction of sp³-hybridized carbons (Fsp3) is 0.160. The number of thiazole rings is 1. The van der Waals surface area contributed by atoms with Gasteiger partial charge in [-0.05, 0) is 36.2 Å². The maximum Gasteiger partial charge on any atom is 0.253 e. The number of fused-ring (bicyclic) bond motifs is 1. The van der Waals surface area contributed by atoms with Crippen LogP contribution in [0.3, 0.4) is 0 Å². The average molecular weight is 462 g/mol. The zero-order valence-electron chi connectivity index (χ0n) is 17.4. The van der Waals surface area contributed by atoms with E-state index in [1.54, 1.807) is 29.5 Å². The van der Waals surface area contributed by atoms with Crippen LogP contribution in [0.1, 0.15) is 20.9 Å². The molecule has 4 aromatic rings. The molecule has 162 valence electrons. The van der Waals surface area contributed by atoms with Crippen molar-refractivity contribution in [2.24, 2.45) is 0 Å². The SMILES string of the molecule is O=C(CSCc1nc2ccccc2s1)Nc1ccccc1C(=O)NCCc1ccccc1. The lowest BCUT2D eigenvalue weighted by atomic mass is 10.1. The normalized spacial score (nSPS) is 10.8. The largest absolute Gasteiger partial charge is 0.352 e. The molecule has 1 aromatic heterocycles. The van der Waals surface area contributed by atoms with Crippen LogP contribution in [0.2, 0.25) is 0 Å². The topological polar surface area (TPSA) is 71.1 Å². The predicted octanol–water partition coefficient (Wildman–Crippen LogP) is 5.14. The maximum absolute atomic E-state index is 12.6. The molecule has 32 heavy (non-hydrogen) atoms. The van der Waals surface area contributed by atoms with Crippen LogP contribution in [0.4, 0.5) is 5.69 Å². The second-order valence-corrected chi connectivity index (χ2v) is 9.25. The van der Waals surface area contributed by atoms with E-state index in [1.807, 2.05) is 54.6 Å². The molecule has 0 saturated heterocycles. The van der Waals surface area contributed by atoms with Crippen LogP contribution in [0.15, 0.2) is 78.9 Å². The van der Waals surface area contributed by atoms with Gasteiger partial charge in [-0.2, -0.15) is 0 Å². The molecule has 2 amide bonds. The van der Waals surface area contributed by atoms with Crippen molar-refractivity contribution in [2.45, 2.75) is 12.2 Å². The second-order valence-electron chi connectivity index (χ2n) is 7.15. The summed E-state index contributed by atoms with van der Waals surface area (Å²) in [6, 6.07) is 25.1. The van der Waals surface area contributed by atoms with E-state index in [-0.39, 0.29) is 11.8 Å². The number of amides is 2. The second kappa shape index (κ2) is 10.9. The zero-order valence-corrected chi connectivity index (χ0v) is 19.0.